The minimum atomic E-state index is -0.765. The number of carbonyl (C=O) groups excluding carboxylic acids is 3. The van der Waals surface area contributed by atoms with Crippen LogP contribution in [-0.2, 0) is 28.6 Å². The third-order valence-electron chi connectivity index (χ3n) is 15.3. The molecule has 0 saturated heterocycles. The summed E-state index contributed by atoms with van der Waals surface area (Å²) in [7, 11) is 0. The van der Waals surface area contributed by atoms with Gasteiger partial charge in [-0.15, -0.1) is 0 Å². The number of carbonyl (C=O) groups is 3. The van der Waals surface area contributed by atoms with Crippen LogP contribution in [0.4, 0.5) is 0 Å². The average Bonchev–Trinajstić information content (AvgIpc) is 3.43. The lowest BCUT2D eigenvalue weighted by Gasteiger charge is -2.18. The van der Waals surface area contributed by atoms with E-state index in [1.54, 1.807) is 0 Å². The molecule has 1 unspecified atom stereocenters. The Morgan fingerprint density at radius 3 is 0.792 bits per heavy atom. The smallest absolute Gasteiger partial charge is 0.306 e. The van der Waals surface area contributed by atoms with Crippen LogP contribution in [0.1, 0.15) is 367 Å². The highest BCUT2D eigenvalue weighted by Gasteiger charge is 2.19. The second-order valence-corrected chi connectivity index (χ2v) is 23.1. The quantitative estimate of drug-likeness (QED) is 0.0261. The zero-order valence-electron chi connectivity index (χ0n) is 51.7. The minimum absolute atomic E-state index is 0.0647. The van der Waals surface area contributed by atoms with E-state index >= 15 is 0 Å². The molecule has 0 fully saturated rings. The van der Waals surface area contributed by atoms with Crippen molar-refractivity contribution < 1.29 is 28.6 Å². The zero-order valence-corrected chi connectivity index (χ0v) is 51.7. The van der Waals surface area contributed by atoms with E-state index in [9.17, 15) is 14.4 Å². The summed E-state index contributed by atoms with van der Waals surface area (Å²) >= 11 is 0. The third-order valence-corrected chi connectivity index (χ3v) is 15.3. The van der Waals surface area contributed by atoms with Crippen molar-refractivity contribution in [3.8, 4) is 0 Å². The van der Waals surface area contributed by atoms with Crippen molar-refractivity contribution in [3.05, 3.63) is 48.6 Å². The van der Waals surface area contributed by atoms with E-state index in [2.05, 4.69) is 69.4 Å². The summed E-state index contributed by atoms with van der Waals surface area (Å²) < 4.78 is 16.9. The summed E-state index contributed by atoms with van der Waals surface area (Å²) in [6.45, 7) is 6.57. The molecule has 450 valence electrons. The van der Waals surface area contributed by atoms with E-state index in [0.29, 0.717) is 19.3 Å². The number of hydrogen-bond acceptors (Lipinski definition) is 6. The fraction of sp³-hybridized carbons (Fsp3) is 0.845. The monoisotopic (exact) mass is 1080 g/mol. The first-order valence-corrected chi connectivity index (χ1v) is 34.1. The fourth-order valence-corrected chi connectivity index (χ4v) is 10.3. The van der Waals surface area contributed by atoms with Gasteiger partial charge in [0, 0.05) is 19.3 Å². The second kappa shape index (κ2) is 65.9. The Kier molecular flexibility index (Phi) is 63.6. The molecule has 1 atom stereocenters. The van der Waals surface area contributed by atoms with Crippen LogP contribution in [0.5, 0.6) is 0 Å². The first-order chi connectivity index (χ1) is 38.0. The molecule has 6 heteroatoms. The van der Waals surface area contributed by atoms with Crippen LogP contribution in [0, 0.1) is 0 Å². The highest BCUT2D eigenvalue weighted by molar-refractivity contribution is 5.71. The predicted molar refractivity (Wildman–Crippen MR) is 335 cm³/mol. The van der Waals surface area contributed by atoms with Crippen LogP contribution < -0.4 is 0 Å². The van der Waals surface area contributed by atoms with Gasteiger partial charge in [0.1, 0.15) is 13.2 Å². The SMILES string of the molecule is CC/C=C\C/C=C\C/C=C\C/C=C\CCCCCCCCCCCCCCCCCCCCCCCCC(=O)OCC(COC(=O)CCCCCCCCCCCCC)OC(=O)CCCCCCCCCCCCCCC. The number of rotatable bonds is 63. The molecule has 0 aliphatic rings. The van der Waals surface area contributed by atoms with Crippen LogP contribution in [0.2, 0.25) is 0 Å². The molecule has 77 heavy (non-hydrogen) atoms. The maximum Gasteiger partial charge on any atom is 0.306 e. The normalized spacial score (nSPS) is 12.3. The molecular weight excluding hydrogens is 949 g/mol. The summed E-state index contributed by atoms with van der Waals surface area (Å²) in [6.07, 6.45) is 83.0. The lowest BCUT2D eigenvalue weighted by molar-refractivity contribution is -0.167. The van der Waals surface area contributed by atoms with Crippen molar-refractivity contribution in [1.29, 1.82) is 0 Å². The van der Waals surface area contributed by atoms with Crippen LogP contribution in [-0.4, -0.2) is 37.2 Å². The number of esters is 3. The molecule has 0 amide bonds. The highest BCUT2D eigenvalue weighted by Crippen LogP contribution is 2.18. The van der Waals surface area contributed by atoms with Gasteiger partial charge in [0.25, 0.3) is 0 Å². The zero-order chi connectivity index (χ0) is 55.7. The molecule has 0 aromatic heterocycles. The maximum atomic E-state index is 12.9. The van der Waals surface area contributed by atoms with Crippen molar-refractivity contribution in [1.82, 2.24) is 0 Å². The van der Waals surface area contributed by atoms with Gasteiger partial charge in [-0.25, -0.2) is 0 Å². The Balaban J connectivity index is 3.99. The molecule has 0 radical (unpaired) electrons. The third kappa shape index (κ3) is 64.1. The summed E-state index contributed by atoms with van der Waals surface area (Å²) in [5, 5.41) is 0. The molecule has 0 aliphatic carbocycles. The van der Waals surface area contributed by atoms with Crippen molar-refractivity contribution in [2.75, 3.05) is 13.2 Å². The molecule has 0 heterocycles. The Bertz CT molecular complexity index is 1330. The van der Waals surface area contributed by atoms with E-state index in [1.807, 2.05) is 0 Å². The van der Waals surface area contributed by atoms with Crippen LogP contribution in [0.15, 0.2) is 48.6 Å². The van der Waals surface area contributed by atoms with Crippen LogP contribution >= 0.6 is 0 Å². The molecule has 0 rings (SSSR count). The fourth-order valence-electron chi connectivity index (χ4n) is 10.3. The first-order valence-electron chi connectivity index (χ1n) is 34.1. The summed E-state index contributed by atoms with van der Waals surface area (Å²) in [5.74, 6) is -0.840. The largest absolute Gasteiger partial charge is 0.462 e. The van der Waals surface area contributed by atoms with Gasteiger partial charge in [0.2, 0.25) is 0 Å². The van der Waals surface area contributed by atoms with Gasteiger partial charge in [-0.3, -0.25) is 14.4 Å². The van der Waals surface area contributed by atoms with E-state index < -0.39 is 6.10 Å². The summed E-state index contributed by atoms with van der Waals surface area (Å²) in [6, 6.07) is 0. The van der Waals surface area contributed by atoms with Gasteiger partial charge in [-0.05, 0) is 57.8 Å². The van der Waals surface area contributed by atoms with Gasteiger partial charge in [0.05, 0.1) is 0 Å². The molecular formula is C71H130O6. The Morgan fingerprint density at radius 2 is 0.506 bits per heavy atom. The van der Waals surface area contributed by atoms with E-state index in [-0.39, 0.29) is 31.1 Å². The number of allylic oxidation sites excluding steroid dienone is 8. The van der Waals surface area contributed by atoms with Crippen molar-refractivity contribution in [2.45, 2.75) is 374 Å². The first kappa shape index (κ1) is 74.4. The average molecular weight is 1080 g/mol. The van der Waals surface area contributed by atoms with Gasteiger partial charge in [0.15, 0.2) is 6.10 Å². The molecule has 0 spiro atoms. The lowest BCUT2D eigenvalue weighted by Crippen LogP contribution is -2.30. The maximum absolute atomic E-state index is 12.9. The molecule has 0 N–H and O–H groups in total. The topological polar surface area (TPSA) is 78.9 Å². The van der Waals surface area contributed by atoms with Crippen LogP contribution in [0.25, 0.3) is 0 Å². The summed E-state index contributed by atoms with van der Waals surface area (Å²) in [4.78, 5) is 38.2. The number of unbranched alkanes of at least 4 members (excludes halogenated alkanes) is 44. The van der Waals surface area contributed by atoms with Crippen molar-refractivity contribution >= 4 is 17.9 Å². The van der Waals surface area contributed by atoms with Crippen molar-refractivity contribution in [3.63, 3.8) is 0 Å². The number of ether oxygens (including phenoxy) is 3. The molecule has 0 aliphatic heterocycles. The van der Waals surface area contributed by atoms with E-state index in [4.69, 9.17) is 14.2 Å². The molecule has 0 aromatic carbocycles. The van der Waals surface area contributed by atoms with Gasteiger partial charge in [-0.2, -0.15) is 0 Å². The second-order valence-electron chi connectivity index (χ2n) is 23.1. The molecule has 0 saturated carbocycles. The lowest BCUT2D eigenvalue weighted by atomic mass is 10.0. The summed E-state index contributed by atoms with van der Waals surface area (Å²) in [5.41, 5.74) is 0. The van der Waals surface area contributed by atoms with Gasteiger partial charge < -0.3 is 14.2 Å². The van der Waals surface area contributed by atoms with E-state index in [1.165, 1.54) is 244 Å². The number of hydrogen-bond donors (Lipinski definition) is 0. The van der Waals surface area contributed by atoms with Crippen LogP contribution in [0.3, 0.4) is 0 Å². The van der Waals surface area contributed by atoms with Crippen molar-refractivity contribution in [2.24, 2.45) is 0 Å². The Hall–Kier alpha value is -2.63. The van der Waals surface area contributed by atoms with Gasteiger partial charge >= 0.3 is 17.9 Å². The Labute approximate surface area is 479 Å². The molecule has 6 nitrogen and oxygen atoms in total. The Morgan fingerprint density at radius 1 is 0.273 bits per heavy atom. The van der Waals surface area contributed by atoms with E-state index in [0.717, 1.165) is 83.5 Å². The molecule has 0 aromatic rings. The standard InChI is InChI=1S/C71H130O6/c1-4-7-10-13-16-19-22-24-25-26-27-28-29-30-31-32-33-34-35-36-37-38-39-40-41-42-43-44-45-47-49-52-55-58-61-64-70(73)76-67-68(66-75-69(72)63-60-57-54-51-48-21-18-15-12-9-6-3)77-71(74)65-62-59-56-53-50-46-23-20-17-14-11-8-5-2/h7,10,16,19,24-25,27-28,68H,4-6,8-9,11-15,17-18,20-23,26,29-67H2,1-3H3/b10-7-,19-16-,25-24-,28-27-. The highest BCUT2D eigenvalue weighted by atomic mass is 16.6. The van der Waals surface area contributed by atoms with Gasteiger partial charge in [-0.1, -0.05) is 339 Å². The molecule has 0 bridgehead atoms. The predicted octanol–water partition coefficient (Wildman–Crippen LogP) is 23.3. The minimum Gasteiger partial charge on any atom is -0.462 e.